The lowest BCUT2D eigenvalue weighted by Crippen LogP contribution is -2.42. The number of rotatable bonds is 3. The number of hydrogen-bond acceptors (Lipinski definition) is 3. The molecule has 2 rings (SSSR count). The third-order valence-corrected chi connectivity index (χ3v) is 3.75. The Morgan fingerprint density at radius 2 is 2.00 bits per heavy atom. The molecule has 0 saturated heterocycles. The lowest BCUT2D eigenvalue weighted by molar-refractivity contribution is 0.172. The van der Waals surface area contributed by atoms with Crippen LogP contribution < -0.4 is 5.73 Å². The van der Waals surface area contributed by atoms with Gasteiger partial charge in [0.05, 0.1) is 11.0 Å². The minimum Gasteiger partial charge on any atom is -0.369 e. The van der Waals surface area contributed by atoms with Crippen molar-refractivity contribution in [2.75, 3.05) is 19.8 Å². The molecule has 1 heterocycles. The van der Waals surface area contributed by atoms with E-state index in [9.17, 15) is 0 Å². The van der Waals surface area contributed by atoms with Crippen LogP contribution in [-0.4, -0.2) is 34.1 Å². The Morgan fingerprint density at radius 3 is 2.61 bits per heavy atom. The van der Waals surface area contributed by atoms with Crippen LogP contribution in [0, 0.1) is 6.92 Å². The molecule has 0 unspecified atom stereocenters. The number of benzene rings is 1. The first-order chi connectivity index (χ1) is 8.33. The topological polar surface area (TPSA) is 47.1 Å². The van der Waals surface area contributed by atoms with Crippen molar-refractivity contribution >= 4 is 17.0 Å². The number of fused-ring (bicyclic) bond motifs is 1. The van der Waals surface area contributed by atoms with Gasteiger partial charge in [-0.1, -0.05) is 12.1 Å². The Labute approximate surface area is 108 Å². The van der Waals surface area contributed by atoms with Crippen LogP contribution in [0.3, 0.4) is 0 Å². The van der Waals surface area contributed by atoms with E-state index in [2.05, 4.69) is 55.4 Å². The SMILES string of the molecule is Cc1cccc2nc(N)n(CC(C)(C)N(C)C)c12. The molecular weight excluding hydrogens is 224 g/mol. The number of nitrogens with zero attached hydrogens (tertiary/aromatic N) is 3. The molecule has 0 atom stereocenters. The zero-order valence-electron chi connectivity index (χ0n) is 11.9. The lowest BCUT2D eigenvalue weighted by Gasteiger charge is -2.33. The van der Waals surface area contributed by atoms with Crippen molar-refractivity contribution in [3.05, 3.63) is 23.8 Å². The van der Waals surface area contributed by atoms with Gasteiger partial charge in [-0.15, -0.1) is 0 Å². The molecule has 98 valence electrons. The van der Waals surface area contributed by atoms with Gasteiger partial charge in [0, 0.05) is 12.1 Å². The van der Waals surface area contributed by atoms with Crippen molar-refractivity contribution in [1.82, 2.24) is 14.5 Å². The maximum Gasteiger partial charge on any atom is 0.201 e. The third kappa shape index (κ3) is 2.08. The van der Waals surface area contributed by atoms with Crippen LogP contribution in [0.15, 0.2) is 18.2 Å². The van der Waals surface area contributed by atoms with E-state index in [1.807, 2.05) is 12.1 Å². The van der Waals surface area contributed by atoms with E-state index in [1.54, 1.807) is 0 Å². The zero-order chi connectivity index (χ0) is 13.5. The standard InChI is InChI=1S/C14H22N4/c1-10-7-6-8-11-12(10)18(13(15)16-11)9-14(2,3)17(4)5/h6-8H,9H2,1-5H3,(H2,15,16). The highest BCUT2D eigenvalue weighted by Crippen LogP contribution is 2.24. The van der Waals surface area contributed by atoms with Crippen molar-refractivity contribution in [1.29, 1.82) is 0 Å². The summed E-state index contributed by atoms with van der Waals surface area (Å²) in [7, 11) is 4.17. The molecular formula is C14H22N4. The minimum absolute atomic E-state index is 0.0318. The number of aromatic nitrogens is 2. The number of para-hydroxylation sites is 1. The second-order valence-corrected chi connectivity index (χ2v) is 5.71. The minimum atomic E-state index is 0.0318. The molecule has 0 amide bonds. The Bertz CT molecular complexity index is 566. The first kappa shape index (κ1) is 12.9. The zero-order valence-corrected chi connectivity index (χ0v) is 11.9. The van der Waals surface area contributed by atoms with Crippen LogP contribution >= 0.6 is 0 Å². The second-order valence-electron chi connectivity index (χ2n) is 5.71. The van der Waals surface area contributed by atoms with Crippen LogP contribution in [0.4, 0.5) is 5.95 Å². The Morgan fingerprint density at radius 1 is 1.33 bits per heavy atom. The largest absolute Gasteiger partial charge is 0.369 e. The maximum atomic E-state index is 6.06. The molecule has 0 spiro atoms. The molecule has 0 saturated carbocycles. The molecule has 1 aromatic heterocycles. The summed E-state index contributed by atoms with van der Waals surface area (Å²) in [6.07, 6.45) is 0. The van der Waals surface area contributed by atoms with Gasteiger partial charge in [0.1, 0.15) is 0 Å². The number of likely N-dealkylation sites (N-methyl/N-ethyl adjacent to an activating group) is 1. The number of nitrogens with two attached hydrogens (primary N) is 1. The summed E-state index contributed by atoms with van der Waals surface area (Å²) < 4.78 is 2.12. The number of aryl methyl sites for hydroxylation is 1. The van der Waals surface area contributed by atoms with Crippen molar-refractivity contribution in [3.63, 3.8) is 0 Å². The fraction of sp³-hybridized carbons (Fsp3) is 0.500. The maximum absolute atomic E-state index is 6.06. The fourth-order valence-electron chi connectivity index (χ4n) is 2.07. The van der Waals surface area contributed by atoms with E-state index in [4.69, 9.17) is 5.73 Å². The summed E-state index contributed by atoms with van der Waals surface area (Å²) in [6, 6.07) is 6.13. The first-order valence-corrected chi connectivity index (χ1v) is 6.21. The summed E-state index contributed by atoms with van der Waals surface area (Å²) in [5, 5.41) is 0. The molecule has 0 fully saturated rings. The summed E-state index contributed by atoms with van der Waals surface area (Å²) in [4.78, 5) is 6.64. The van der Waals surface area contributed by atoms with Gasteiger partial charge in [0.15, 0.2) is 0 Å². The van der Waals surface area contributed by atoms with Gasteiger partial charge in [-0.25, -0.2) is 4.98 Å². The normalized spacial score (nSPS) is 12.6. The summed E-state index contributed by atoms with van der Waals surface area (Å²) in [5.41, 5.74) is 9.43. The van der Waals surface area contributed by atoms with Crippen molar-refractivity contribution in [3.8, 4) is 0 Å². The summed E-state index contributed by atoms with van der Waals surface area (Å²) in [6.45, 7) is 7.34. The Hall–Kier alpha value is -1.55. The van der Waals surface area contributed by atoms with E-state index in [0.29, 0.717) is 5.95 Å². The summed E-state index contributed by atoms with van der Waals surface area (Å²) in [5.74, 6) is 0.592. The molecule has 1 aromatic carbocycles. The number of anilines is 1. The van der Waals surface area contributed by atoms with Gasteiger partial charge in [-0.3, -0.25) is 0 Å². The van der Waals surface area contributed by atoms with Gasteiger partial charge in [0.25, 0.3) is 0 Å². The van der Waals surface area contributed by atoms with Gasteiger partial charge in [-0.2, -0.15) is 0 Å². The monoisotopic (exact) mass is 246 g/mol. The van der Waals surface area contributed by atoms with E-state index in [-0.39, 0.29) is 5.54 Å². The molecule has 0 aliphatic rings. The molecule has 0 bridgehead atoms. The highest BCUT2D eigenvalue weighted by Gasteiger charge is 2.23. The van der Waals surface area contributed by atoms with E-state index >= 15 is 0 Å². The number of hydrogen-bond donors (Lipinski definition) is 1. The molecule has 2 aromatic rings. The van der Waals surface area contributed by atoms with Gasteiger partial charge >= 0.3 is 0 Å². The van der Waals surface area contributed by atoms with Crippen molar-refractivity contribution < 1.29 is 0 Å². The van der Waals surface area contributed by atoms with Gasteiger partial charge in [-0.05, 0) is 46.5 Å². The number of imidazole rings is 1. The highest BCUT2D eigenvalue weighted by atomic mass is 15.2. The highest BCUT2D eigenvalue weighted by molar-refractivity contribution is 5.81. The molecule has 18 heavy (non-hydrogen) atoms. The molecule has 2 N–H and O–H groups in total. The average molecular weight is 246 g/mol. The molecule has 4 nitrogen and oxygen atoms in total. The first-order valence-electron chi connectivity index (χ1n) is 6.21. The molecule has 0 aliphatic heterocycles. The Kier molecular flexibility index (Phi) is 3.07. The van der Waals surface area contributed by atoms with Gasteiger partial charge in [0.2, 0.25) is 5.95 Å². The number of nitrogen functional groups attached to an aromatic ring is 1. The quantitative estimate of drug-likeness (QED) is 0.903. The Balaban J connectivity index is 2.54. The predicted molar refractivity (Wildman–Crippen MR) is 76.6 cm³/mol. The average Bonchev–Trinajstić information content (AvgIpc) is 2.56. The van der Waals surface area contributed by atoms with Crippen molar-refractivity contribution in [2.24, 2.45) is 0 Å². The predicted octanol–water partition coefficient (Wildman–Crippen LogP) is 2.27. The van der Waals surface area contributed by atoms with Crippen LogP contribution in [0.5, 0.6) is 0 Å². The summed E-state index contributed by atoms with van der Waals surface area (Å²) >= 11 is 0. The van der Waals surface area contributed by atoms with Crippen molar-refractivity contribution in [2.45, 2.75) is 32.9 Å². The van der Waals surface area contributed by atoms with Gasteiger partial charge < -0.3 is 15.2 Å². The lowest BCUT2D eigenvalue weighted by atomic mass is 10.0. The smallest absolute Gasteiger partial charge is 0.201 e. The van der Waals surface area contributed by atoms with Crippen LogP contribution in [0.2, 0.25) is 0 Å². The molecule has 4 heteroatoms. The van der Waals surface area contributed by atoms with Crippen LogP contribution in [0.1, 0.15) is 19.4 Å². The second kappa shape index (κ2) is 4.28. The van der Waals surface area contributed by atoms with E-state index in [1.165, 1.54) is 5.56 Å². The van der Waals surface area contributed by atoms with E-state index < -0.39 is 0 Å². The molecule has 0 radical (unpaired) electrons. The van der Waals surface area contributed by atoms with E-state index in [0.717, 1.165) is 17.6 Å². The third-order valence-electron chi connectivity index (χ3n) is 3.75. The van der Waals surface area contributed by atoms with Crippen LogP contribution in [0.25, 0.3) is 11.0 Å². The fourth-order valence-corrected chi connectivity index (χ4v) is 2.07. The molecule has 0 aliphatic carbocycles. The van der Waals surface area contributed by atoms with Crippen LogP contribution in [-0.2, 0) is 6.54 Å².